The zero-order valence-corrected chi connectivity index (χ0v) is 11.0. The number of nitrogens with one attached hydrogen (secondary N) is 1. The summed E-state index contributed by atoms with van der Waals surface area (Å²) in [7, 11) is 0. The average Bonchev–Trinajstić information content (AvgIpc) is 2.35. The molecule has 0 aliphatic carbocycles. The van der Waals surface area contributed by atoms with E-state index in [4.69, 9.17) is 4.74 Å². The quantitative estimate of drug-likeness (QED) is 0.866. The monoisotopic (exact) mass is 233 g/mol. The van der Waals surface area contributed by atoms with Crippen molar-refractivity contribution in [2.24, 2.45) is 0 Å². The van der Waals surface area contributed by atoms with Crippen molar-refractivity contribution >= 4 is 0 Å². The van der Waals surface area contributed by atoms with Gasteiger partial charge in [-0.05, 0) is 31.7 Å². The molecule has 17 heavy (non-hydrogen) atoms. The third kappa shape index (κ3) is 3.30. The zero-order chi connectivity index (χ0) is 12.3. The fraction of sp³-hybridized carbons (Fsp3) is 0.600. The maximum Gasteiger partial charge on any atom is 0.0709 e. The minimum absolute atomic E-state index is 0.316. The Morgan fingerprint density at radius 1 is 1.29 bits per heavy atom. The van der Waals surface area contributed by atoms with Crippen LogP contribution in [0.25, 0.3) is 0 Å². The van der Waals surface area contributed by atoms with Crippen molar-refractivity contribution in [3.05, 3.63) is 35.9 Å². The molecule has 4 unspecified atom stereocenters. The highest BCUT2D eigenvalue weighted by Gasteiger charge is 2.25. The summed E-state index contributed by atoms with van der Waals surface area (Å²) in [6, 6.07) is 11.2. The van der Waals surface area contributed by atoms with Gasteiger partial charge in [-0.15, -0.1) is 0 Å². The molecule has 4 atom stereocenters. The van der Waals surface area contributed by atoms with Crippen LogP contribution in [0, 0.1) is 0 Å². The van der Waals surface area contributed by atoms with Gasteiger partial charge in [-0.1, -0.05) is 37.3 Å². The highest BCUT2D eigenvalue weighted by molar-refractivity contribution is 5.18. The summed E-state index contributed by atoms with van der Waals surface area (Å²) < 4.78 is 6.03. The van der Waals surface area contributed by atoms with Crippen LogP contribution in [0.5, 0.6) is 0 Å². The molecule has 2 heteroatoms. The molecule has 0 saturated carbocycles. The summed E-state index contributed by atoms with van der Waals surface area (Å²) in [5.41, 5.74) is 1.40. The lowest BCUT2D eigenvalue weighted by Gasteiger charge is -2.35. The van der Waals surface area contributed by atoms with Crippen LogP contribution < -0.4 is 5.32 Å². The first kappa shape index (κ1) is 12.6. The van der Waals surface area contributed by atoms with Gasteiger partial charge in [-0.3, -0.25) is 0 Å². The Hall–Kier alpha value is -0.860. The van der Waals surface area contributed by atoms with Crippen molar-refractivity contribution in [3.63, 3.8) is 0 Å². The van der Waals surface area contributed by atoms with Crippen molar-refractivity contribution < 1.29 is 4.74 Å². The summed E-state index contributed by atoms with van der Waals surface area (Å²) in [6.07, 6.45) is 1.75. The van der Waals surface area contributed by atoms with Gasteiger partial charge in [0.1, 0.15) is 0 Å². The van der Waals surface area contributed by atoms with Gasteiger partial charge in [0.2, 0.25) is 0 Å². The van der Waals surface area contributed by atoms with Gasteiger partial charge in [-0.25, -0.2) is 0 Å². The fourth-order valence-electron chi connectivity index (χ4n) is 2.40. The number of morpholine rings is 1. The largest absolute Gasteiger partial charge is 0.372 e. The van der Waals surface area contributed by atoms with Crippen molar-refractivity contribution in [2.75, 3.05) is 6.54 Å². The summed E-state index contributed by atoms with van der Waals surface area (Å²) in [5.74, 6) is 0.559. The summed E-state index contributed by atoms with van der Waals surface area (Å²) in [6.45, 7) is 7.59. The first-order valence-electron chi connectivity index (χ1n) is 6.60. The van der Waals surface area contributed by atoms with E-state index in [1.165, 1.54) is 5.56 Å². The molecule has 1 aliphatic rings. The first-order chi connectivity index (χ1) is 8.16. The van der Waals surface area contributed by atoms with Crippen molar-refractivity contribution in [1.29, 1.82) is 0 Å². The van der Waals surface area contributed by atoms with Crippen LogP contribution in [-0.4, -0.2) is 24.8 Å². The number of rotatable bonds is 3. The van der Waals surface area contributed by atoms with E-state index in [0.717, 1.165) is 13.0 Å². The molecular weight excluding hydrogens is 210 g/mol. The minimum Gasteiger partial charge on any atom is -0.372 e. The molecule has 1 heterocycles. The van der Waals surface area contributed by atoms with E-state index in [-0.39, 0.29) is 0 Å². The van der Waals surface area contributed by atoms with Crippen LogP contribution >= 0.6 is 0 Å². The molecule has 1 aliphatic heterocycles. The summed E-state index contributed by atoms with van der Waals surface area (Å²) in [4.78, 5) is 0. The number of benzene rings is 1. The molecule has 2 nitrogen and oxygen atoms in total. The molecule has 0 aromatic heterocycles. The lowest BCUT2D eigenvalue weighted by Crippen LogP contribution is -2.50. The Labute approximate surface area is 104 Å². The van der Waals surface area contributed by atoms with Gasteiger partial charge in [0.15, 0.2) is 0 Å². The zero-order valence-electron chi connectivity index (χ0n) is 11.0. The molecule has 0 radical (unpaired) electrons. The third-order valence-corrected chi connectivity index (χ3v) is 3.76. The van der Waals surface area contributed by atoms with Crippen LogP contribution in [0.4, 0.5) is 0 Å². The van der Waals surface area contributed by atoms with E-state index in [2.05, 4.69) is 56.4 Å². The highest BCUT2D eigenvalue weighted by atomic mass is 16.5. The second-order valence-electron chi connectivity index (χ2n) is 5.21. The number of hydrogen-bond donors (Lipinski definition) is 1. The molecule has 0 bridgehead atoms. The normalized spacial score (nSPS) is 31.1. The summed E-state index contributed by atoms with van der Waals surface area (Å²) in [5, 5.41) is 3.51. The van der Waals surface area contributed by atoms with Crippen LogP contribution in [0.1, 0.15) is 38.7 Å². The van der Waals surface area contributed by atoms with Crippen molar-refractivity contribution in [3.8, 4) is 0 Å². The lowest BCUT2D eigenvalue weighted by molar-refractivity contribution is -0.0544. The van der Waals surface area contributed by atoms with E-state index in [0.29, 0.717) is 24.2 Å². The SMILES string of the molecule is CC(CC1CNC(C)C(C)O1)c1ccccc1. The van der Waals surface area contributed by atoms with Gasteiger partial charge in [0, 0.05) is 12.6 Å². The Morgan fingerprint density at radius 3 is 2.65 bits per heavy atom. The van der Waals surface area contributed by atoms with Gasteiger partial charge in [-0.2, -0.15) is 0 Å². The molecule has 1 N–H and O–H groups in total. The third-order valence-electron chi connectivity index (χ3n) is 3.76. The second kappa shape index (κ2) is 5.65. The lowest BCUT2D eigenvalue weighted by atomic mass is 9.94. The Bertz CT molecular complexity index is 338. The fourth-order valence-corrected chi connectivity index (χ4v) is 2.40. The Kier molecular flexibility index (Phi) is 4.19. The molecule has 0 amide bonds. The van der Waals surface area contributed by atoms with Gasteiger partial charge < -0.3 is 10.1 Å². The van der Waals surface area contributed by atoms with Crippen LogP contribution in [0.15, 0.2) is 30.3 Å². The minimum atomic E-state index is 0.316. The number of ether oxygens (including phenoxy) is 1. The molecule has 1 aromatic carbocycles. The molecule has 0 spiro atoms. The van der Waals surface area contributed by atoms with E-state index >= 15 is 0 Å². The molecular formula is C15H23NO. The molecule has 1 aromatic rings. The van der Waals surface area contributed by atoms with E-state index in [1.807, 2.05) is 0 Å². The Balaban J connectivity index is 1.89. The van der Waals surface area contributed by atoms with Gasteiger partial charge in [0.25, 0.3) is 0 Å². The van der Waals surface area contributed by atoms with Gasteiger partial charge >= 0.3 is 0 Å². The summed E-state index contributed by atoms with van der Waals surface area (Å²) >= 11 is 0. The van der Waals surface area contributed by atoms with Gasteiger partial charge in [0.05, 0.1) is 12.2 Å². The van der Waals surface area contributed by atoms with Crippen LogP contribution in [0.2, 0.25) is 0 Å². The molecule has 2 rings (SSSR count). The average molecular weight is 233 g/mol. The first-order valence-corrected chi connectivity index (χ1v) is 6.60. The van der Waals surface area contributed by atoms with E-state index in [1.54, 1.807) is 0 Å². The molecule has 94 valence electrons. The second-order valence-corrected chi connectivity index (χ2v) is 5.21. The standard InChI is InChI=1S/C15H23NO/c1-11(14-7-5-4-6-8-14)9-15-10-16-12(2)13(3)17-15/h4-8,11-13,15-16H,9-10H2,1-3H3. The van der Waals surface area contributed by atoms with Crippen LogP contribution in [-0.2, 0) is 4.74 Å². The van der Waals surface area contributed by atoms with E-state index in [9.17, 15) is 0 Å². The predicted octanol–water partition coefficient (Wildman–Crippen LogP) is 2.95. The highest BCUT2D eigenvalue weighted by Crippen LogP contribution is 2.23. The smallest absolute Gasteiger partial charge is 0.0709 e. The Morgan fingerprint density at radius 2 is 2.00 bits per heavy atom. The maximum absolute atomic E-state index is 6.03. The van der Waals surface area contributed by atoms with Crippen molar-refractivity contribution in [1.82, 2.24) is 5.32 Å². The molecule has 1 fully saturated rings. The van der Waals surface area contributed by atoms with Crippen molar-refractivity contribution in [2.45, 2.75) is 51.4 Å². The van der Waals surface area contributed by atoms with E-state index < -0.39 is 0 Å². The molecule has 1 saturated heterocycles. The maximum atomic E-state index is 6.03. The topological polar surface area (TPSA) is 21.3 Å². The van der Waals surface area contributed by atoms with Crippen LogP contribution in [0.3, 0.4) is 0 Å². The number of hydrogen-bond acceptors (Lipinski definition) is 2. The predicted molar refractivity (Wildman–Crippen MR) is 71.3 cm³/mol.